The van der Waals surface area contributed by atoms with Crippen LogP contribution in [0.3, 0.4) is 0 Å². The molecule has 2 aromatic rings. The zero-order valence-electron chi connectivity index (χ0n) is 8.88. The fourth-order valence-corrected chi connectivity index (χ4v) is 4.09. The quantitative estimate of drug-likeness (QED) is 0.560. The van der Waals surface area contributed by atoms with Gasteiger partial charge in [0.15, 0.2) is 0 Å². The molecule has 0 aliphatic heterocycles. The second kappa shape index (κ2) is 5.68. The number of hydrogen-bond acceptors (Lipinski definition) is 3. The average molecular weight is 421 g/mol. The van der Waals surface area contributed by atoms with Crippen molar-refractivity contribution in [1.82, 2.24) is 0 Å². The molecule has 0 bridgehead atoms. The zero-order valence-corrected chi connectivity index (χ0v) is 14.2. The van der Waals surface area contributed by atoms with Crippen molar-refractivity contribution >= 4 is 44.0 Å². The number of rotatable bonds is 3. The summed E-state index contributed by atoms with van der Waals surface area (Å²) in [5.41, 5.74) is 1.94. The third-order valence-electron chi connectivity index (χ3n) is 2.16. The average Bonchev–Trinajstić information content (AvgIpc) is 2.83. The normalized spacial score (nSPS) is 11.6. The Hall–Kier alpha value is -0.558. The van der Waals surface area contributed by atoms with Crippen molar-refractivity contribution in [3.05, 3.63) is 48.4 Å². The number of benzene rings is 1. The van der Waals surface area contributed by atoms with E-state index in [2.05, 4.69) is 11.1 Å². The Balaban J connectivity index is 2.35. The van der Waals surface area contributed by atoms with Crippen LogP contribution in [0.2, 0.25) is 0 Å². The fraction of sp³-hybridized carbons (Fsp3) is 0.0833. The van der Waals surface area contributed by atoms with Crippen LogP contribution in [0.1, 0.15) is 12.7 Å². The molecule has 0 aliphatic rings. The molecule has 0 saturated heterocycles. The van der Waals surface area contributed by atoms with E-state index in [1.807, 2.05) is 45.6 Å². The van der Waals surface area contributed by atoms with Gasteiger partial charge in [0.1, 0.15) is 0 Å². The second-order valence-corrected chi connectivity index (χ2v) is 6.68. The van der Waals surface area contributed by atoms with Crippen molar-refractivity contribution in [2.24, 2.45) is 4.99 Å². The fourth-order valence-electron chi connectivity index (χ4n) is 1.37. The van der Waals surface area contributed by atoms with Crippen LogP contribution in [0.4, 0.5) is 5.69 Å². The summed E-state index contributed by atoms with van der Waals surface area (Å²) >= 11 is 0.880. The van der Waals surface area contributed by atoms with Crippen molar-refractivity contribution in [2.45, 2.75) is 11.8 Å². The number of nitrogens with zero attached hydrogens (tertiary/aromatic N) is 1. The van der Waals surface area contributed by atoms with Crippen LogP contribution in [0.5, 0.6) is 0 Å². The zero-order chi connectivity index (χ0) is 11.4. The molecule has 0 aliphatic carbocycles. The van der Waals surface area contributed by atoms with Gasteiger partial charge in [-0.3, -0.25) is 0 Å². The first-order chi connectivity index (χ1) is 7.81. The number of aliphatic imine (C=N–C) groups is 1. The number of para-hydroxylation sites is 1. The molecule has 0 amide bonds. The van der Waals surface area contributed by atoms with Crippen molar-refractivity contribution in [2.75, 3.05) is 0 Å². The van der Waals surface area contributed by atoms with E-state index in [0.29, 0.717) is 0 Å². The van der Waals surface area contributed by atoms with Gasteiger partial charge in [-0.1, -0.05) is 0 Å². The predicted octanol–water partition coefficient (Wildman–Crippen LogP) is 3.60. The molecule has 0 atom stereocenters. The van der Waals surface area contributed by atoms with E-state index in [4.69, 9.17) is 4.42 Å². The molecule has 2 rings (SSSR count). The Morgan fingerprint density at radius 3 is 2.75 bits per heavy atom. The molecule has 1 aromatic carbocycles. The molecule has 4 heteroatoms. The molecule has 78 valence electrons. The maximum absolute atomic E-state index is 5.31. The molecule has 0 unspecified atom stereocenters. The number of furan rings is 1. The van der Waals surface area contributed by atoms with Gasteiger partial charge in [-0.05, 0) is 0 Å². The first-order valence-corrected chi connectivity index (χ1v) is 11.2. The molecule has 1 aromatic heterocycles. The maximum atomic E-state index is 5.31. The summed E-state index contributed by atoms with van der Waals surface area (Å²) in [6.07, 6.45) is 1.67. The topological polar surface area (TPSA) is 25.5 Å². The van der Waals surface area contributed by atoms with E-state index in [0.717, 1.165) is 41.4 Å². The Morgan fingerprint density at radius 1 is 1.25 bits per heavy atom. The van der Waals surface area contributed by atoms with E-state index in [9.17, 15) is 0 Å². The second-order valence-electron chi connectivity index (χ2n) is 3.26. The predicted molar refractivity (Wildman–Crippen MR) is 68.6 cm³/mol. The van der Waals surface area contributed by atoms with Crippen molar-refractivity contribution in [3.8, 4) is 0 Å². The Kier molecular flexibility index (Phi) is 4.23. The first-order valence-electron chi connectivity index (χ1n) is 4.86. The van der Waals surface area contributed by atoms with Crippen molar-refractivity contribution in [1.29, 1.82) is 0 Å². The van der Waals surface area contributed by atoms with Crippen molar-refractivity contribution < 1.29 is 4.42 Å². The monoisotopic (exact) mass is 421 g/mol. The van der Waals surface area contributed by atoms with Gasteiger partial charge in [0.05, 0.1) is 0 Å². The summed E-state index contributed by atoms with van der Waals surface area (Å²) < 4.78 is 5.31. The van der Waals surface area contributed by atoms with Crippen LogP contribution < -0.4 is 0 Å². The third-order valence-corrected chi connectivity index (χ3v) is 5.72. The van der Waals surface area contributed by atoms with Gasteiger partial charge in [0.2, 0.25) is 0 Å². The van der Waals surface area contributed by atoms with Gasteiger partial charge in [0, 0.05) is 0 Å². The Morgan fingerprint density at radius 2 is 2.06 bits per heavy atom. The van der Waals surface area contributed by atoms with E-state index in [1.54, 1.807) is 6.26 Å². The minimum absolute atomic E-state index is 0.829. The van der Waals surface area contributed by atoms with Crippen LogP contribution in [0.15, 0.2) is 57.0 Å². The summed E-state index contributed by atoms with van der Waals surface area (Å²) in [5, 5.41) is 0. The molecule has 0 N–H and O–H groups in total. The first kappa shape index (κ1) is 11.9. The molecular weight excluding hydrogens is 411 g/mol. The molecule has 16 heavy (non-hydrogen) atoms. The van der Waals surface area contributed by atoms with E-state index < -0.39 is 0 Å². The third kappa shape index (κ3) is 2.76. The standard InChI is InChI=1S/C12H11NOS.Tl/c1-9(11-6-4-8-14-11)13-10-5-2-3-7-12(10)15;/h2-8,15H,1H3;/q;+1/p-1. The van der Waals surface area contributed by atoms with Gasteiger partial charge >= 0.3 is 114 Å². The summed E-state index contributed by atoms with van der Waals surface area (Å²) in [6, 6.07) is 12.0. The minimum atomic E-state index is 0.829. The summed E-state index contributed by atoms with van der Waals surface area (Å²) in [4.78, 5) is 5.85. The van der Waals surface area contributed by atoms with E-state index in [-0.39, 0.29) is 0 Å². The number of hydrogen-bond donors (Lipinski definition) is 0. The van der Waals surface area contributed by atoms with Gasteiger partial charge in [-0.2, -0.15) is 0 Å². The van der Waals surface area contributed by atoms with Gasteiger partial charge in [-0.25, -0.2) is 0 Å². The molecule has 1 heterocycles. The summed E-state index contributed by atoms with van der Waals surface area (Å²) in [5.74, 6) is 0.829. The molecule has 0 radical (unpaired) electrons. The van der Waals surface area contributed by atoms with Gasteiger partial charge < -0.3 is 0 Å². The van der Waals surface area contributed by atoms with Crippen LogP contribution in [-0.2, 0) is 0 Å². The molecule has 0 spiro atoms. The van der Waals surface area contributed by atoms with Crippen LogP contribution in [-0.4, -0.2) is 30.0 Å². The van der Waals surface area contributed by atoms with Gasteiger partial charge in [-0.15, -0.1) is 0 Å². The van der Waals surface area contributed by atoms with Crippen LogP contribution in [0, 0.1) is 0 Å². The molecule has 0 fully saturated rings. The van der Waals surface area contributed by atoms with Crippen LogP contribution >= 0.6 is 8.31 Å². The molecule has 0 saturated carbocycles. The van der Waals surface area contributed by atoms with Crippen LogP contribution in [0.25, 0.3) is 0 Å². The van der Waals surface area contributed by atoms with E-state index in [1.165, 1.54) is 4.90 Å². The Labute approximate surface area is 113 Å². The SMILES string of the molecule is CC(=Nc1ccccc1[S][Tl])c1ccco1. The summed E-state index contributed by atoms with van der Waals surface area (Å²) in [6.45, 7) is 1.97. The molecule has 2 nitrogen and oxygen atoms in total. The van der Waals surface area contributed by atoms with E-state index >= 15 is 0 Å². The summed E-state index contributed by atoms with van der Waals surface area (Å²) in [7, 11) is 1.86. The Bertz CT molecular complexity index is 493. The van der Waals surface area contributed by atoms with Gasteiger partial charge in [0.25, 0.3) is 0 Å². The van der Waals surface area contributed by atoms with Crippen molar-refractivity contribution in [3.63, 3.8) is 0 Å². The molecular formula is C12H10NOSTl.